The zero-order chi connectivity index (χ0) is 10.4. The monoisotopic (exact) mass is 229 g/mol. The van der Waals surface area contributed by atoms with Gasteiger partial charge in [-0.25, -0.2) is 0 Å². The number of hydrogen-bond donors (Lipinski definition) is 1. The summed E-state index contributed by atoms with van der Waals surface area (Å²) in [5, 5.41) is 3.59. The molecule has 0 aliphatic carbocycles. The molecule has 0 saturated carbocycles. The van der Waals surface area contributed by atoms with Gasteiger partial charge in [-0.2, -0.15) is 11.8 Å². The standard InChI is InChI=1S/C11H19NS2/c1-4-7-12-10(8-13-3)11-6-5-9(2)14-11/h5-6,10,12H,4,7-8H2,1-3H3. The van der Waals surface area contributed by atoms with E-state index in [0.29, 0.717) is 6.04 Å². The minimum Gasteiger partial charge on any atom is -0.309 e. The fourth-order valence-electron chi connectivity index (χ4n) is 1.37. The van der Waals surface area contributed by atoms with Crippen LogP contribution in [-0.4, -0.2) is 18.6 Å². The van der Waals surface area contributed by atoms with Gasteiger partial charge in [0.05, 0.1) is 6.04 Å². The van der Waals surface area contributed by atoms with Crippen LogP contribution in [0.15, 0.2) is 12.1 Å². The summed E-state index contributed by atoms with van der Waals surface area (Å²) >= 11 is 3.82. The largest absolute Gasteiger partial charge is 0.309 e. The highest BCUT2D eigenvalue weighted by Gasteiger charge is 2.11. The van der Waals surface area contributed by atoms with Gasteiger partial charge in [0.2, 0.25) is 0 Å². The minimum atomic E-state index is 0.545. The van der Waals surface area contributed by atoms with Crippen LogP contribution in [-0.2, 0) is 0 Å². The van der Waals surface area contributed by atoms with Crippen LogP contribution in [0, 0.1) is 6.92 Å². The van der Waals surface area contributed by atoms with Crippen LogP contribution >= 0.6 is 23.1 Å². The molecule has 14 heavy (non-hydrogen) atoms. The average molecular weight is 229 g/mol. The van der Waals surface area contributed by atoms with Crippen LogP contribution in [0.2, 0.25) is 0 Å². The van der Waals surface area contributed by atoms with Crippen molar-refractivity contribution in [2.75, 3.05) is 18.6 Å². The summed E-state index contributed by atoms with van der Waals surface area (Å²) in [4.78, 5) is 2.88. The van der Waals surface area contributed by atoms with Gasteiger partial charge < -0.3 is 5.32 Å². The van der Waals surface area contributed by atoms with E-state index >= 15 is 0 Å². The summed E-state index contributed by atoms with van der Waals surface area (Å²) in [7, 11) is 0. The first-order valence-corrected chi connectivity index (χ1v) is 7.27. The average Bonchev–Trinajstić information content (AvgIpc) is 2.59. The maximum Gasteiger partial charge on any atom is 0.0506 e. The van der Waals surface area contributed by atoms with Crippen molar-refractivity contribution >= 4 is 23.1 Å². The van der Waals surface area contributed by atoms with Crippen molar-refractivity contribution in [1.29, 1.82) is 0 Å². The van der Waals surface area contributed by atoms with Crippen LogP contribution in [0.25, 0.3) is 0 Å². The molecular weight excluding hydrogens is 210 g/mol. The highest BCUT2D eigenvalue weighted by molar-refractivity contribution is 7.98. The Labute approximate surface area is 95.3 Å². The lowest BCUT2D eigenvalue weighted by Crippen LogP contribution is -2.23. The molecule has 3 heteroatoms. The highest BCUT2D eigenvalue weighted by Crippen LogP contribution is 2.24. The molecule has 80 valence electrons. The molecule has 1 rings (SSSR count). The second kappa shape index (κ2) is 6.49. The second-order valence-electron chi connectivity index (χ2n) is 3.41. The molecule has 0 aliphatic rings. The minimum absolute atomic E-state index is 0.545. The van der Waals surface area contributed by atoms with Crippen molar-refractivity contribution in [3.63, 3.8) is 0 Å². The van der Waals surface area contributed by atoms with Gasteiger partial charge in [0, 0.05) is 15.5 Å². The predicted molar refractivity (Wildman–Crippen MR) is 68.5 cm³/mol. The molecule has 1 aromatic heterocycles. The van der Waals surface area contributed by atoms with Gasteiger partial charge in [-0.05, 0) is 38.3 Å². The molecule has 1 nitrogen and oxygen atoms in total. The highest BCUT2D eigenvalue weighted by atomic mass is 32.2. The van der Waals surface area contributed by atoms with Crippen molar-refractivity contribution in [1.82, 2.24) is 5.32 Å². The topological polar surface area (TPSA) is 12.0 Å². The molecule has 0 amide bonds. The zero-order valence-electron chi connectivity index (χ0n) is 9.17. The van der Waals surface area contributed by atoms with Crippen molar-refractivity contribution < 1.29 is 0 Å². The molecule has 0 spiro atoms. The van der Waals surface area contributed by atoms with Crippen molar-refractivity contribution in [3.8, 4) is 0 Å². The van der Waals surface area contributed by atoms with E-state index in [1.165, 1.54) is 21.9 Å². The SMILES string of the molecule is CCCNC(CSC)c1ccc(C)s1. The third-order valence-corrected chi connectivity index (χ3v) is 3.86. The van der Waals surface area contributed by atoms with E-state index in [-0.39, 0.29) is 0 Å². The van der Waals surface area contributed by atoms with Gasteiger partial charge in [0.25, 0.3) is 0 Å². The fraction of sp³-hybridized carbons (Fsp3) is 0.636. The third kappa shape index (κ3) is 3.64. The molecule has 0 aliphatic heterocycles. The molecule has 1 N–H and O–H groups in total. The molecule has 0 radical (unpaired) electrons. The number of hydrogen-bond acceptors (Lipinski definition) is 3. The maximum atomic E-state index is 3.59. The van der Waals surface area contributed by atoms with E-state index in [2.05, 4.69) is 37.6 Å². The maximum absolute atomic E-state index is 3.59. The first kappa shape index (κ1) is 12.1. The molecule has 0 saturated heterocycles. The Hall–Kier alpha value is 0.01000. The van der Waals surface area contributed by atoms with E-state index in [0.717, 1.165) is 6.54 Å². The number of thiophene rings is 1. The molecule has 1 atom stereocenters. The normalized spacial score (nSPS) is 13.1. The Kier molecular flexibility index (Phi) is 5.60. The lowest BCUT2D eigenvalue weighted by Gasteiger charge is -2.15. The van der Waals surface area contributed by atoms with Gasteiger partial charge in [0.1, 0.15) is 0 Å². The second-order valence-corrected chi connectivity index (χ2v) is 5.64. The molecule has 1 unspecified atom stereocenters. The van der Waals surface area contributed by atoms with Crippen LogP contribution in [0.1, 0.15) is 29.1 Å². The fourth-order valence-corrected chi connectivity index (χ4v) is 3.06. The van der Waals surface area contributed by atoms with Gasteiger partial charge in [-0.15, -0.1) is 11.3 Å². The van der Waals surface area contributed by atoms with Gasteiger partial charge >= 0.3 is 0 Å². The smallest absolute Gasteiger partial charge is 0.0506 e. The first-order valence-electron chi connectivity index (χ1n) is 5.06. The molecule has 0 fully saturated rings. The summed E-state index contributed by atoms with van der Waals surface area (Å²) < 4.78 is 0. The Balaban J connectivity index is 2.57. The van der Waals surface area contributed by atoms with Crippen LogP contribution in [0.3, 0.4) is 0 Å². The number of aryl methyl sites for hydroxylation is 1. The predicted octanol–water partition coefficient (Wildman–Crippen LogP) is 3.46. The number of thioether (sulfide) groups is 1. The molecule has 0 bridgehead atoms. The summed E-state index contributed by atoms with van der Waals surface area (Å²) in [5.41, 5.74) is 0. The summed E-state index contributed by atoms with van der Waals surface area (Å²) in [6.07, 6.45) is 3.37. The van der Waals surface area contributed by atoms with E-state index in [9.17, 15) is 0 Å². The van der Waals surface area contributed by atoms with Crippen LogP contribution < -0.4 is 5.32 Å². The van der Waals surface area contributed by atoms with Crippen molar-refractivity contribution in [2.24, 2.45) is 0 Å². The Bertz CT molecular complexity index is 258. The summed E-state index contributed by atoms with van der Waals surface area (Å²) in [6, 6.07) is 5.01. The van der Waals surface area contributed by atoms with Crippen molar-refractivity contribution in [2.45, 2.75) is 26.3 Å². The zero-order valence-corrected chi connectivity index (χ0v) is 10.8. The number of nitrogens with one attached hydrogen (secondary N) is 1. The Morgan fingerprint density at radius 2 is 2.29 bits per heavy atom. The third-order valence-electron chi connectivity index (χ3n) is 2.08. The van der Waals surface area contributed by atoms with Crippen LogP contribution in [0.4, 0.5) is 0 Å². The van der Waals surface area contributed by atoms with E-state index < -0.39 is 0 Å². The van der Waals surface area contributed by atoms with E-state index in [1.54, 1.807) is 0 Å². The van der Waals surface area contributed by atoms with Crippen LogP contribution in [0.5, 0.6) is 0 Å². The summed E-state index contributed by atoms with van der Waals surface area (Å²) in [6.45, 7) is 5.50. The van der Waals surface area contributed by atoms with Crippen molar-refractivity contribution in [3.05, 3.63) is 21.9 Å². The van der Waals surface area contributed by atoms with Gasteiger partial charge in [-0.1, -0.05) is 6.92 Å². The van der Waals surface area contributed by atoms with E-state index in [1.807, 2.05) is 23.1 Å². The van der Waals surface area contributed by atoms with E-state index in [4.69, 9.17) is 0 Å². The Morgan fingerprint density at radius 3 is 2.79 bits per heavy atom. The van der Waals surface area contributed by atoms with Gasteiger partial charge in [0.15, 0.2) is 0 Å². The molecule has 1 heterocycles. The van der Waals surface area contributed by atoms with Gasteiger partial charge in [-0.3, -0.25) is 0 Å². The first-order chi connectivity index (χ1) is 6.77. The number of rotatable bonds is 6. The molecular formula is C11H19NS2. The lowest BCUT2D eigenvalue weighted by atomic mass is 10.2. The lowest BCUT2D eigenvalue weighted by molar-refractivity contribution is 0.585. The summed E-state index contributed by atoms with van der Waals surface area (Å²) in [5.74, 6) is 1.17. The quantitative estimate of drug-likeness (QED) is 0.802. The molecule has 0 aromatic carbocycles. The molecule has 1 aromatic rings. The Morgan fingerprint density at radius 1 is 1.50 bits per heavy atom.